The molecule has 0 bridgehead atoms. The molecule has 0 fully saturated rings. The molecule has 1 N–H and O–H groups in total. The first-order chi connectivity index (χ1) is 7.52. The maximum atomic E-state index is 12.4. The van der Waals surface area contributed by atoms with Crippen molar-refractivity contribution >= 4 is 0 Å². The van der Waals surface area contributed by atoms with E-state index in [0.717, 1.165) is 24.2 Å². The second kappa shape index (κ2) is 3.97. The van der Waals surface area contributed by atoms with Crippen LogP contribution in [0.5, 0.6) is 5.75 Å². The van der Waals surface area contributed by atoms with Gasteiger partial charge in [0.1, 0.15) is 12.4 Å². The van der Waals surface area contributed by atoms with Crippen molar-refractivity contribution in [1.82, 2.24) is 5.32 Å². The summed E-state index contributed by atoms with van der Waals surface area (Å²) in [6, 6.07) is 3.64. The van der Waals surface area contributed by atoms with Crippen molar-refractivity contribution < 1.29 is 17.9 Å². The fraction of sp³-hybridized carbons (Fsp3) is 0.455. The minimum Gasteiger partial charge on any atom is -0.491 e. The fourth-order valence-electron chi connectivity index (χ4n) is 1.80. The molecule has 0 spiro atoms. The zero-order valence-electron chi connectivity index (χ0n) is 8.77. The van der Waals surface area contributed by atoms with Crippen molar-refractivity contribution in [3.05, 3.63) is 29.3 Å². The molecular weight excluding hydrogens is 219 g/mol. The molecule has 16 heavy (non-hydrogen) atoms. The third kappa shape index (κ3) is 2.00. The molecule has 0 saturated heterocycles. The van der Waals surface area contributed by atoms with Crippen LogP contribution in [0.1, 0.15) is 24.1 Å². The van der Waals surface area contributed by atoms with Crippen LogP contribution in [0.3, 0.4) is 0 Å². The van der Waals surface area contributed by atoms with E-state index in [0.29, 0.717) is 12.4 Å². The van der Waals surface area contributed by atoms with Crippen molar-refractivity contribution in [1.29, 1.82) is 0 Å². The highest BCUT2D eigenvalue weighted by molar-refractivity contribution is 5.43. The maximum Gasteiger partial charge on any atom is 0.416 e. The van der Waals surface area contributed by atoms with Gasteiger partial charge in [0.25, 0.3) is 0 Å². The Balaban J connectivity index is 2.29. The van der Waals surface area contributed by atoms with E-state index in [2.05, 4.69) is 5.32 Å². The highest BCUT2D eigenvalue weighted by Gasteiger charge is 2.33. The van der Waals surface area contributed by atoms with E-state index in [9.17, 15) is 13.2 Å². The number of hydrogen-bond acceptors (Lipinski definition) is 2. The summed E-state index contributed by atoms with van der Waals surface area (Å²) in [6.07, 6.45) is -4.31. The minimum atomic E-state index is -4.31. The Kier molecular flexibility index (Phi) is 2.80. The molecule has 2 rings (SSSR count). The van der Waals surface area contributed by atoms with Gasteiger partial charge in [0.15, 0.2) is 0 Å². The van der Waals surface area contributed by atoms with Crippen LogP contribution < -0.4 is 10.1 Å². The first kappa shape index (κ1) is 11.3. The van der Waals surface area contributed by atoms with E-state index < -0.39 is 11.7 Å². The Morgan fingerprint density at radius 1 is 1.44 bits per heavy atom. The lowest BCUT2D eigenvalue weighted by Gasteiger charge is -2.10. The van der Waals surface area contributed by atoms with Crippen molar-refractivity contribution in [3.63, 3.8) is 0 Å². The lowest BCUT2D eigenvalue weighted by Crippen LogP contribution is -2.21. The Hall–Kier alpha value is -1.23. The quantitative estimate of drug-likeness (QED) is 0.845. The third-order valence-corrected chi connectivity index (χ3v) is 2.57. The molecule has 2 nitrogen and oxygen atoms in total. The highest BCUT2D eigenvalue weighted by Crippen LogP contribution is 2.38. The van der Waals surface area contributed by atoms with Gasteiger partial charge in [0, 0.05) is 5.56 Å². The predicted molar refractivity (Wildman–Crippen MR) is 53.4 cm³/mol. The summed E-state index contributed by atoms with van der Waals surface area (Å²) in [5.74, 6) is 0.334. The van der Waals surface area contributed by atoms with Crippen LogP contribution in [0.15, 0.2) is 18.2 Å². The van der Waals surface area contributed by atoms with Gasteiger partial charge >= 0.3 is 6.18 Å². The summed E-state index contributed by atoms with van der Waals surface area (Å²) < 4.78 is 42.5. The van der Waals surface area contributed by atoms with Crippen LogP contribution in [0.2, 0.25) is 0 Å². The molecule has 1 aliphatic rings. The van der Waals surface area contributed by atoms with E-state index in [1.165, 1.54) is 6.07 Å². The Morgan fingerprint density at radius 2 is 2.19 bits per heavy atom. The summed E-state index contributed by atoms with van der Waals surface area (Å²) in [5.41, 5.74) is 0.137. The van der Waals surface area contributed by atoms with Crippen LogP contribution in [0, 0.1) is 0 Å². The Labute approximate surface area is 91.4 Å². The van der Waals surface area contributed by atoms with E-state index in [-0.39, 0.29) is 6.04 Å². The monoisotopic (exact) mass is 231 g/mol. The molecule has 1 aromatic rings. The molecule has 1 aliphatic heterocycles. The molecule has 0 aromatic heterocycles. The number of halogens is 3. The normalized spacial score (nSPS) is 19.4. The molecule has 1 atom stereocenters. The number of benzene rings is 1. The number of hydrogen-bond donors (Lipinski definition) is 1. The highest BCUT2D eigenvalue weighted by atomic mass is 19.4. The molecule has 1 heterocycles. The van der Waals surface area contributed by atoms with E-state index in [1.807, 2.05) is 6.92 Å². The van der Waals surface area contributed by atoms with Gasteiger partial charge in [-0.3, -0.25) is 0 Å². The molecule has 88 valence electrons. The SMILES string of the molecule is CCNC1COc2cc(C(F)(F)F)ccc21. The number of fused-ring (bicyclic) bond motifs is 1. The second-order valence-electron chi connectivity index (χ2n) is 3.67. The number of rotatable bonds is 2. The van der Waals surface area contributed by atoms with Crippen LogP contribution in [-0.4, -0.2) is 13.2 Å². The molecule has 0 saturated carbocycles. The van der Waals surface area contributed by atoms with Gasteiger partial charge in [-0.25, -0.2) is 0 Å². The molecule has 0 amide bonds. The van der Waals surface area contributed by atoms with Gasteiger partial charge in [0.05, 0.1) is 11.6 Å². The average molecular weight is 231 g/mol. The van der Waals surface area contributed by atoms with E-state index >= 15 is 0 Å². The van der Waals surface area contributed by atoms with Gasteiger partial charge in [0.2, 0.25) is 0 Å². The van der Waals surface area contributed by atoms with Gasteiger partial charge < -0.3 is 10.1 Å². The number of nitrogens with one attached hydrogen (secondary N) is 1. The van der Waals surface area contributed by atoms with Crippen LogP contribution in [0.4, 0.5) is 13.2 Å². The van der Waals surface area contributed by atoms with Gasteiger partial charge in [-0.1, -0.05) is 13.0 Å². The molecule has 5 heteroatoms. The molecule has 1 unspecified atom stereocenters. The summed E-state index contributed by atoms with van der Waals surface area (Å²) in [4.78, 5) is 0. The van der Waals surface area contributed by atoms with Crippen molar-refractivity contribution in [2.75, 3.05) is 13.2 Å². The standard InChI is InChI=1S/C11H12F3NO/c1-2-15-9-6-16-10-5-7(11(12,13)14)3-4-8(9)10/h3-5,9,15H,2,6H2,1H3. The number of alkyl halides is 3. The topological polar surface area (TPSA) is 21.3 Å². The Bertz CT molecular complexity index is 389. The Morgan fingerprint density at radius 3 is 2.81 bits per heavy atom. The number of likely N-dealkylation sites (N-methyl/N-ethyl adjacent to an activating group) is 1. The van der Waals surface area contributed by atoms with Crippen molar-refractivity contribution in [2.24, 2.45) is 0 Å². The zero-order valence-corrected chi connectivity index (χ0v) is 8.77. The fourth-order valence-corrected chi connectivity index (χ4v) is 1.80. The lowest BCUT2D eigenvalue weighted by molar-refractivity contribution is -0.137. The number of ether oxygens (including phenoxy) is 1. The summed E-state index contributed by atoms with van der Waals surface area (Å²) >= 11 is 0. The largest absolute Gasteiger partial charge is 0.491 e. The first-order valence-corrected chi connectivity index (χ1v) is 5.09. The second-order valence-corrected chi connectivity index (χ2v) is 3.67. The van der Waals surface area contributed by atoms with Gasteiger partial charge in [-0.2, -0.15) is 13.2 Å². The van der Waals surface area contributed by atoms with E-state index in [1.54, 1.807) is 0 Å². The molecule has 0 aliphatic carbocycles. The lowest BCUT2D eigenvalue weighted by atomic mass is 10.1. The smallest absolute Gasteiger partial charge is 0.416 e. The summed E-state index contributed by atoms with van der Waals surface area (Å²) in [5, 5.41) is 3.15. The van der Waals surface area contributed by atoms with E-state index in [4.69, 9.17) is 4.74 Å². The first-order valence-electron chi connectivity index (χ1n) is 5.09. The third-order valence-electron chi connectivity index (χ3n) is 2.57. The average Bonchev–Trinajstić information content (AvgIpc) is 2.60. The summed E-state index contributed by atoms with van der Waals surface area (Å²) in [7, 11) is 0. The van der Waals surface area contributed by atoms with Crippen molar-refractivity contribution in [2.45, 2.75) is 19.1 Å². The molecular formula is C11H12F3NO. The minimum absolute atomic E-state index is 0.00211. The zero-order chi connectivity index (χ0) is 11.8. The maximum absolute atomic E-state index is 12.4. The summed E-state index contributed by atoms with van der Waals surface area (Å²) in [6.45, 7) is 3.10. The van der Waals surface area contributed by atoms with Gasteiger partial charge in [-0.05, 0) is 18.7 Å². The molecule has 0 radical (unpaired) electrons. The van der Waals surface area contributed by atoms with Crippen LogP contribution in [0.25, 0.3) is 0 Å². The van der Waals surface area contributed by atoms with Gasteiger partial charge in [-0.15, -0.1) is 0 Å². The van der Waals surface area contributed by atoms with Crippen molar-refractivity contribution in [3.8, 4) is 5.75 Å². The van der Waals surface area contributed by atoms with Crippen LogP contribution >= 0.6 is 0 Å². The predicted octanol–water partition coefficient (Wildman–Crippen LogP) is 2.75. The molecule has 1 aromatic carbocycles. The van der Waals surface area contributed by atoms with Crippen LogP contribution in [-0.2, 0) is 6.18 Å².